The third-order valence-electron chi connectivity index (χ3n) is 3.26. The lowest BCUT2D eigenvalue weighted by molar-refractivity contribution is 0.0669. The van der Waals surface area contributed by atoms with E-state index in [9.17, 15) is 4.79 Å². The summed E-state index contributed by atoms with van der Waals surface area (Å²) >= 11 is 0. The van der Waals surface area contributed by atoms with Crippen molar-refractivity contribution in [3.63, 3.8) is 0 Å². The Balaban J connectivity index is 2.19. The van der Waals surface area contributed by atoms with Gasteiger partial charge >= 0.3 is 0 Å². The fraction of sp³-hybridized carbons (Fsp3) is 0.533. The van der Waals surface area contributed by atoms with Crippen LogP contribution in [0.25, 0.3) is 0 Å². The predicted octanol–water partition coefficient (Wildman–Crippen LogP) is 1.91. The van der Waals surface area contributed by atoms with Gasteiger partial charge < -0.3 is 15.0 Å². The van der Waals surface area contributed by atoms with Crippen LogP contribution in [0.5, 0.6) is 5.75 Å². The maximum absolute atomic E-state index is 12.6. The Labute approximate surface area is 114 Å². The summed E-state index contributed by atoms with van der Waals surface area (Å²) in [6, 6.07) is 8.12. The Kier molecular flexibility index (Phi) is 4.43. The number of hydrogen-bond acceptors (Lipinski definition) is 3. The molecule has 1 amide bonds. The molecule has 1 aliphatic rings. The Bertz CT molecular complexity index is 438. The third-order valence-corrected chi connectivity index (χ3v) is 3.26. The summed E-state index contributed by atoms with van der Waals surface area (Å²) in [5.41, 5.74) is 0.658. The first-order valence-electron chi connectivity index (χ1n) is 6.89. The largest absolute Gasteiger partial charge is 0.493 e. The number of piperazine rings is 1. The van der Waals surface area contributed by atoms with E-state index >= 15 is 0 Å². The highest BCUT2D eigenvalue weighted by Gasteiger charge is 2.26. The van der Waals surface area contributed by atoms with Gasteiger partial charge in [0.2, 0.25) is 0 Å². The number of nitrogens with one attached hydrogen (secondary N) is 1. The number of amides is 1. The van der Waals surface area contributed by atoms with Crippen LogP contribution >= 0.6 is 0 Å². The lowest BCUT2D eigenvalue weighted by Crippen LogP contribution is -2.55. The minimum absolute atomic E-state index is 0.0595. The molecule has 0 spiro atoms. The second-order valence-corrected chi connectivity index (χ2v) is 5.11. The SMILES string of the molecule is CCOc1ccccc1C(=O)N1C[C@@H](C)N[C@@H](C)C1. The maximum atomic E-state index is 12.6. The van der Waals surface area contributed by atoms with Gasteiger partial charge in [0.05, 0.1) is 12.2 Å². The van der Waals surface area contributed by atoms with E-state index in [2.05, 4.69) is 19.2 Å². The summed E-state index contributed by atoms with van der Waals surface area (Å²) < 4.78 is 5.54. The second-order valence-electron chi connectivity index (χ2n) is 5.11. The zero-order valence-electron chi connectivity index (χ0n) is 11.8. The molecule has 0 aromatic heterocycles. The molecular formula is C15H22N2O2. The smallest absolute Gasteiger partial charge is 0.257 e. The summed E-state index contributed by atoms with van der Waals surface area (Å²) in [4.78, 5) is 14.5. The topological polar surface area (TPSA) is 41.6 Å². The molecule has 0 saturated carbocycles. The Morgan fingerprint density at radius 3 is 2.58 bits per heavy atom. The van der Waals surface area contributed by atoms with Crippen LogP contribution in [0.2, 0.25) is 0 Å². The van der Waals surface area contributed by atoms with Gasteiger partial charge in [0, 0.05) is 25.2 Å². The molecule has 104 valence electrons. The molecule has 1 aromatic carbocycles. The molecular weight excluding hydrogens is 240 g/mol. The normalized spacial score (nSPS) is 23.2. The van der Waals surface area contributed by atoms with Gasteiger partial charge in [0.1, 0.15) is 5.75 Å². The lowest BCUT2D eigenvalue weighted by atomic mass is 10.1. The van der Waals surface area contributed by atoms with Gasteiger partial charge in [-0.3, -0.25) is 4.79 Å². The van der Waals surface area contributed by atoms with Gasteiger partial charge in [0.15, 0.2) is 0 Å². The quantitative estimate of drug-likeness (QED) is 0.904. The number of carbonyl (C=O) groups excluding carboxylic acids is 1. The van der Waals surface area contributed by atoms with Crippen molar-refractivity contribution in [1.29, 1.82) is 0 Å². The fourth-order valence-corrected chi connectivity index (χ4v) is 2.59. The molecule has 0 bridgehead atoms. The van der Waals surface area contributed by atoms with Crippen molar-refractivity contribution < 1.29 is 9.53 Å². The van der Waals surface area contributed by atoms with E-state index in [4.69, 9.17) is 4.74 Å². The Morgan fingerprint density at radius 2 is 1.95 bits per heavy atom. The van der Waals surface area contributed by atoms with Crippen molar-refractivity contribution in [3.8, 4) is 5.75 Å². The highest BCUT2D eigenvalue weighted by Crippen LogP contribution is 2.21. The van der Waals surface area contributed by atoms with Crippen LogP contribution in [0, 0.1) is 0 Å². The van der Waals surface area contributed by atoms with Gasteiger partial charge in [-0.25, -0.2) is 0 Å². The molecule has 4 heteroatoms. The number of para-hydroxylation sites is 1. The summed E-state index contributed by atoms with van der Waals surface area (Å²) in [6.07, 6.45) is 0. The molecule has 1 fully saturated rings. The molecule has 1 aromatic rings. The molecule has 1 saturated heterocycles. The van der Waals surface area contributed by atoms with Gasteiger partial charge in [-0.05, 0) is 32.9 Å². The van der Waals surface area contributed by atoms with E-state index in [1.165, 1.54) is 0 Å². The van der Waals surface area contributed by atoms with E-state index in [-0.39, 0.29) is 5.91 Å². The highest BCUT2D eigenvalue weighted by atomic mass is 16.5. The molecule has 1 heterocycles. The number of carbonyl (C=O) groups is 1. The first kappa shape index (κ1) is 13.9. The zero-order valence-corrected chi connectivity index (χ0v) is 11.8. The predicted molar refractivity (Wildman–Crippen MR) is 75.6 cm³/mol. The van der Waals surface area contributed by atoms with Crippen molar-refractivity contribution in [3.05, 3.63) is 29.8 Å². The van der Waals surface area contributed by atoms with Crippen molar-refractivity contribution in [2.24, 2.45) is 0 Å². The van der Waals surface area contributed by atoms with Crippen LogP contribution in [0.3, 0.4) is 0 Å². The first-order valence-corrected chi connectivity index (χ1v) is 6.89. The van der Waals surface area contributed by atoms with E-state index in [0.29, 0.717) is 30.0 Å². The standard InChI is InChI=1S/C15H22N2O2/c1-4-19-14-8-6-5-7-13(14)15(18)17-9-11(2)16-12(3)10-17/h5-8,11-12,16H,4,9-10H2,1-3H3/t11-,12+. The minimum atomic E-state index is 0.0595. The third kappa shape index (κ3) is 3.26. The average molecular weight is 262 g/mol. The summed E-state index contributed by atoms with van der Waals surface area (Å²) in [5.74, 6) is 0.734. The van der Waals surface area contributed by atoms with E-state index in [1.807, 2.05) is 36.1 Å². The monoisotopic (exact) mass is 262 g/mol. The molecule has 2 rings (SSSR count). The van der Waals surface area contributed by atoms with Crippen LogP contribution in [-0.4, -0.2) is 42.6 Å². The molecule has 2 atom stereocenters. The van der Waals surface area contributed by atoms with Crippen LogP contribution in [-0.2, 0) is 0 Å². The number of rotatable bonds is 3. The molecule has 1 N–H and O–H groups in total. The summed E-state index contributed by atoms with van der Waals surface area (Å²) in [5, 5.41) is 3.43. The zero-order chi connectivity index (χ0) is 13.8. The van der Waals surface area contributed by atoms with Gasteiger partial charge in [-0.15, -0.1) is 0 Å². The second kappa shape index (κ2) is 6.06. The average Bonchev–Trinajstić information content (AvgIpc) is 2.38. The van der Waals surface area contributed by atoms with Crippen molar-refractivity contribution >= 4 is 5.91 Å². The van der Waals surface area contributed by atoms with E-state index in [0.717, 1.165) is 13.1 Å². The van der Waals surface area contributed by atoms with Gasteiger partial charge in [-0.2, -0.15) is 0 Å². The Morgan fingerprint density at radius 1 is 1.32 bits per heavy atom. The molecule has 4 nitrogen and oxygen atoms in total. The number of ether oxygens (including phenoxy) is 1. The van der Waals surface area contributed by atoms with E-state index < -0.39 is 0 Å². The molecule has 1 aliphatic heterocycles. The lowest BCUT2D eigenvalue weighted by Gasteiger charge is -2.36. The van der Waals surface area contributed by atoms with Gasteiger partial charge in [0.25, 0.3) is 5.91 Å². The van der Waals surface area contributed by atoms with Crippen LogP contribution in [0.1, 0.15) is 31.1 Å². The van der Waals surface area contributed by atoms with Crippen molar-refractivity contribution in [2.45, 2.75) is 32.9 Å². The number of hydrogen-bond donors (Lipinski definition) is 1. The van der Waals surface area contributed by atoms with Crippen molar-refractivity contribution in [1.82, 2.24) is 10.2 Å². The summed E-state index contributed by atoms with van der Waals surface area (Å²) in [7, 11) is 0. The molecule has 0 unspecified atom stereocenters. The Hall–Kier alpha value is -1.55. The summed E-state index contributed by atoms with van der Waals surface area (Å²) in [6.45, 7) is 8.18. The maximum Gasteiger partial charge on any atom is 0.257 e. The van der Waals surface area contributed by atoms with Crippen molar-refractivity contribution in [2.75, 3.05) is 19.7 Å². The number of nitrogens with zero attached hydrogens (tertiary/aromatic N) is 1. The van der Waals surface area contributed by atoms with E-state index in [1.54, 1.807) is 0 Å². The minimum Gasteiger partial charge on any atom is -0.493 e. The fourth-order valence-electron chi connectivity index (χ4n) is 2.59. The van der Waals surface area contributed by atoms with Gasteiger partial charge in [-0.1, -0.05) is 12.1 Å². The highest BCUT2D eigenvalue weighted by molar-refractivity contribution is 5.97. The van der Waals surface area contributed by atoms with Crippen LogP contribution in [0.4, 0.5) is 0 Å². The van der Waals surface area contributed by atoms with Crippen LogP contribution < -0.4 is 10.1 Å². The number of benzene rings is 1. The molecule has 0 aliphatic carbocycles. The first-order chi connectivity index (χ1) is 9.11. The molecule has 19 heavy (non-hydrogen) atoms. The molecule has 0 radical (unpaired) electrons. The van der Waals surface area contributed by atoms with Crippen LogP contribution in [0.15, 0.2) is 24.3 Å².